The van der Waals surface area contributed by atoms with Gasteiger partial charge >= 0.3 is 6.03 Å². The van der Waals surface area contributed by atoms with Crippen molar-refractivity contribution in [3.05, 3.63) is 35.4 Å². The van der Waals surface area contributed by atoms with Crippen molar-refractivity contribution in [1.82, 2.24) is 15.5 Å². The van der Waals surface area contributed by atoms with E-state index in [1.54, 1.807) is 0 Å². The number of aryl methyl sites for hydroxylation is 1. The van der Waals surface area contributed by atoms with Gasteiger partial charge in [0, 0.05) is 26.1 Å². The van der Waals surface area contributed by atoms with E-state index < -0.39 is 0 Å². The Morgan fingerprint density at radius 3 is 2.59 bits per heavy atom. The molecule has 22 heavy (non-hydrogen) atoms. The maximum Gasteiger partial charge on any atom is 0.315 e. The minimum atomic E-state index is -0.232. The van der Waals surface area contributed by atoms with Crippen LogP contribution >= 0.6 is 0 Å². The largest absolute Gasteiger partial charge is 0.343 e. The highest BCUT2D eigenvalue weighted by atomic mass is 16.2. The van der Waals surface area contributed by atoms with Gasteiger partial charge in [-0.2, -0.15) is 0 Å². The molecule has 3 amide bonds. The van der Waals surface area contributed by atoms with Crippen molar-refractivity contribution in [2.75, 3.05) is 19.6 Å². The molecular formula is C17H25N3O2. The lowest BCUT2D eigenvalue weighted by Gasteiger charge is -2.18. The number of carbonyl (C=O) groups excluding carboxylic acids is 2. The van der Waals surface area contributed by atoms with E-state index in [-0.39, 0.29) is 18.0 Å². The van der Waals surface area contributed by atoms with E-state index in [1.807, 2.05) is 43.0 Å². The number of amides is 3. The first-order valence-electron chi connectivity index (χ1n) is 7.95. The predicted molar refractivity (Wildman–Crippen MR) is 86.6 cm³/mol. The van der Waals surface area contributed by atoms with Gasteiger partial charge in [0.05, 0.1) is 6.04 Å². The van der Waals surface area contributed by atoms with Crippen molar-refractivity contribution in [2.24, 2.45) is 0 Å². The van der Waals surface area contributed by atoms with Crippen LogP contribution in [0.4, 0.5) is 4.79 Å². The molecule has 2 N–H and O–H groups in total. The Morgan fingerprint density at radius 2 is 1.91 bits per heavy atom. The lowest BCUT2D eigenvalue weighted by atomic mass is 10.0. The van der Waals surface area contributed by atoms with Crippen LogP contribution in [0.3, 0.4) is 0 Å². The van der Waals surface area contributed by atoms with E-state index in [0.29, 0.717) is 13.0 Å². The summed E-state index contributed by atoms with van der Waals surface area (Å²) in [5, 5.41) is 5.66. The third-order valence-electron chi connectivity index (χ3n) is 4.09. The Kier molecular flexibility index (Phi) is 5.81. The zero-order valence-electron chi connectivity index (χ0n) is 13.4. The summed E-state index contributed by atoms with van der Waals surface area (Å²) in [7, 11) is 0. The van der Waals surface area contributed by atoms with Gasteiger partial charge in [-0.15, -0.1) is 0 Å². The Bertz CT molecular complexity index is 524. The van der Waals surface area contributed by atoms with Gasteiger partial charge in [0.25, 0.3) is 0 Å². The summed E-state index contributed by atoms with van der Waals surface area (Å²) >= 11 is 0. The maximum absolute atomic E-state index is 11.9. The number of rotatable bonds is 5. The number of nitrogens with one attached hydrogen (secondary N) is 2. The molecule has 0 spiro atoms. The van der Waals surface area contributed by atoms with E-state index in [9.17, 15) is 9.59 Å². The second-order valence-electron chi connectivity index (χ2n) is 5.82. The van der Waals surface area contributed by atoms with Gasteiger partial charge in [-0.25, -0.2) is 4.79 Å². The minimum Gasteiger partial charge on any atom is -0.343 e. The molecule has 120 valence electrons. The molecule has 1 aliphatic heterocycles. The third-order valence-corrected chi connectivity index (χ3v) is 4.09. The van der Waals surface area contributed by atoms with E-state index >= 15 is 0 Å². The smallest absolute Gasteiger partial charge is 0.315 e. The number of likely N-dealkylation sites (tertiary alicyclic amines) is 1. The molecule has 0 saturated carbocycles. The lowest BCUT2D eigenvalue weighted by Crippen LogP contribution is -2.39. The van der Waals surface area contributed by atoms with Crippen molar-refractivity contribution in [2.45, 2.75) is 39.2 Å². The first kappa shape index (κ1) is 16.3. The summed E-state index contributed by atoms with van der Waals surface area (Å²) in [5.74, 6) is 0.129. The maximum atomic E-state index is 11.9. The molecule has 1 unspecified atom stereocenters. The van der Waals surface area contributed by atoms with Crippen LogP contribution in [-0.4, -0.2) is 36.5 Å². The van der Waals surface area contributed by atoms with Gasteiger partial charge in [0.15, 0.2) is 0 Å². The fourth-order valence-corrected chi connectivity index (χ4v) is 2.81. The number of urea groups is 1. The number of nitrogens with zero attached hydrogens (tertiary/aromatic N) is 1. The molecule has 5 heteroatoms. The topological polar surface area (TPSA) is 61.4 Å². The third kappa shape index (κ3) is 4.48. The van der Waals surface area contributed by atoms with Crippen LogP contribution in [0.25, 0.3) is 0 Å². The average Bonchev–Trinajstić information content (AvgIpc) is 3.01. The fourth-order valence-electron chi connectivity index (χ4n) is 2.81. The fraction of sp³-hybridized carbons (Fsp3) is 0.529. The molecule has 1 heterocycles. The number of carbonyl (C=O) groups is 2. The van der Waals surface area contributed by atoms with E-state index in [4.69, 9.17) is 0 Å². The quantitative estimate of drug-likeness (QED) is 0.877. The van der Waals surface area contributed by atoms with Crippen LogP contribution < -0.4 is 10.6 Å². The zero-order valence-corrected chi connectivity index (χ0v) is 13.4. The molecule has 1 aromatic carbocycles. The SMILES string of the molecule is Cc1ccccc1C(C)NC(=O)NCCC(=O)N1CCCC1. The standard InChI is InChI=1S/C17H25N3O2/c1-13-7-3-4-8-15(13)14(2)19-17(22)18-10-9-16(21)20-11-5-6-12-20/h3-4,7-8,14H,5-6,9-12H2,1-2H3,(H2,18,19,22). The zero-order chi connectivity index (χ0) is 15.9. The average molecular weight is 303 g/mol. The van der Waals surface area contributed by atoms with Crippen molar-refractivity contribution < 1.29 is 9.59 Å². The number of hydrogen-bond acceptors (Lipinski definition) is 2. The highest BCUT2D eigenvalue weighted by Gasteiger charge is 2.17. The summed E-state index contributed by atoms with van der Waals surface area (Å²) in [6.45, 7) is 6.07. The normalized spacial score (nSPS) is 15.5. The summed E-state index contributed by atoms with van der Waals surface area (Å²) in [5.41, 5.74) is 2.25. The molecule has 0 bridgehead atoms. The summed E-state index contributed by atoms with van der Waals surface area (Å²) < 4.78 is 0. The molecule has 1 aromatic rings. The van der Waals surface area contributed by atoms with Crippen LogP contribution in [0.15, 0.2) is 24.3 Å². The Labute approximate surface area is 132 Å². The Hall–Kier alpha value is -2.04. The highest BCUT2D eigenvalue weighted by Crippen LogP contribution is 2.16. The van der Waals surface area contributed by atoms with Crippen LogP contribution in [0, 0.1) is 6.92 Å². The number of benzene rings is 1. The molecule has 5 nitrogen and oxygen atoms in total. The summed E-state index contributed by atoms with van der Waals surface area (Å²) in [6, 6.07) is 7.69. The van der Waals surface area contributed by atoms with Crippen LogP contribution in [0.5, 0.6) is 0 Å². The van der Waals surface area contributed by atoms with Gasteiger partial charge in [-0.05, 0) is 37.8 Å². The molecule has 0 aliphatic carbocycles. The Morgan fingerprint density at radius 1 is 1.23 bits per heavy atom. The molecular weight excluding hydrogens is 278 g/mol. The van der Waals surface area contributed by atoms with Crippen molar-refractivity contribution >= 4 is 11.9 Å². The first-order valence-corrected chi connectivity index (χ1v) is 7.95. The molecule has 1 aliphatic rings. The van der Waals surface area contributed by atoms with Gasteiger partial charge in [0.2, 0.25) is 5.91 Å². The van der Waals surface area contributed by atoms with E-state index in [2.05, 4.69) is 10.6 Å². The van der Waals surface area contributed by atoms with Gasteiger partial charge in [0.1, 0.15) is 0 Å². The summed E-state index contributed by atoms with van der Waals surface area (Å²) in [6.07, 6.45) is 2.55. The Balaban J connectivity index is 1.71. The molecule has 1 fully saturated rings. The monoisotopic (exact) mass is 303 g/mol. The van der Waals surface area contributed by atoms with Crippen molar-refractivity contribution in [3.63, 3.8) is 0 Å². The molecule has 0 radical (unpaired) electrons. The lowest BCUT2D eigenvalue weighted by molar-refractivity contribution is -0.129. The minimum absolute atomic E-state index is 0.0597. The molecule has 1 saturated heterocycles. The highest BCUT2D eigenvalue weighted by molar-refractivity contribution is 5.78. The van der Waals surface area contributed by atoms with Gasteiger partial charge in [-0.3, -0.25) is 4.79 Å². The second kappa shape index (κ2) is 7.82. The molecule has 2 rings (SSSR count). The number of hydrogen-bond donors (Lipinski definition) is 2. The van der Waals surface area contributed by atoms with E-state index in [1.165, 1.54) is 0 Å². The van der Waals surface area contributed by atoms with Crippen LogP contribution in [0.1, 0.15) is 43.4 Å². The van der Waals surface area contributed by atoms with E-state index in [0.717, 1.165) is 37.1 Å². The predicted octanol–water partition coefficient (Wildman–Crippen LogP) is 2.37. The van der Waals surface area contributed by atoms with Crippen molar-refractivity contribution in [1.29, 1.82) is 0 Å². The molecule has 0 aromatic heterocycles. The second-order valence-corrected chi connectivity index (χ2v) is 5.82. The summed E-state index contributed by atoms with van der Waals surface area (Å²) in [4.78, 5) is 25.6. The van der Waals surface area contributed by atoms with Gasteiger partial charge in [-0.1, -0.05) is 24.3 Å². The first-order chi connectivity index (χ1) is 10.6. The van der Waals surface area contributed by atoms with Crippen LogP contribution in [0.2, 0.25) is 0 Å². The van der Waals surface area contributed by atoms with Crippen molar-refractivity contribution in [3.8, 4) is 0 Å². The molecule has 1 atom stereocenters. The van der Waals surface area contributed by atoms with Gasteiger partial charge < -0.3 is 15.5 Å². The van der Waals surface area contributed by atoms with Crippen LogP contribution in [-0.2, 0) is 4.79 Å².